The van der Waals surface area contributed by atoms with Crippen molar-refractivity contribution in [3.8, 4) is 0 Å². The summed E-state index contributed by atoms with van der Waals surface area (Å²) < 4.78 is 14.6. The summed E-state index contributed by atoms with van der Waals surface area (Å²) in [7, 11) is 0. The molecule has 0 spiro atoms. The van der Waals surface area contributed by atoms with E-state index in [0.29, 0.717) is 0 Å². The van der Waals surface area contributed by atoms with Crippen LogP contribution < -0.4 is 5.32 Å². The number of rotatable bonds is 8. The summed E-state index contributed by atoms with van der Waals surface area (Å²) in [4.78, 5) is 46.5. The van der Waals surface area contributed by atoms with Gasteiger partial charge in [-0.3, -0.25) is 15.4 Å². The molecule has 0 aromatic carbocycles. The van der Waals surface area contributed by atoms with Crippen LogP contribution in [0.15, 0.2) is 0 Å². The smallest absolute Gasteiger partial charge is 0.409 e. The van der Waals surface area contributed by atoms with Crippen molar-refractivity contribution < 1.29 is 33.5 Å². The molecule has 0 atom stereocenters. The average Bonchev–Trinajstić information content (AvgIpc) is 2.41. The molecule has 10 nitrogen and oxygen atoms in total. The number of alkyl carbamates (subject to hydrolysis) is 1. The third-order valence-electron chi connectivity index (χ3n) is 2.63. The summed E-state index contributed by atoms with van der Waals surface area (Å²) in [5, 5.41) is 12.8. The molecule has 0 fully saturated rings. The van der Waals surface area contributed by atoms with Gasteiger partial charge in [0.1, 0.15) is 5.60 Å². The van der Waals surface area contributed by atoms with Crippen LogP contribution in [0.25, 0.3) is 0 Å². The van der Waals surface area contributed by atoms with Crippen LogP contribution in [0, 0.1) is 10.1 Å². The second-order valence-electron chi connectivity index (χ2n) is 5.78. The fourth-order valence-electron chi connectivity index (χ4n) is 1.70. The Kier molecular flexibility index (Phi) is 8.14. The van der Waals surface area contributed by atoms with E-state index in [1.165, 1.54) is 13.8 Å². The maximum atomic E-state index is 12.3. The highest BCUT2D eigenvalue weighted by Gasteiger charge is 2.52. The molecule has 0 unspecified atom stereocenters. The van der Waals surface area contributed by atoms with Gasteiger partial charge < -0.3 is 14.2 Å². The van der Waals surface area contributed by atoms with Crippen molar-refractivity contribution in [2.75, 3.05) is 19.8 Å². The lowest BCUT2D eigenvalue weighted by molar-refractivity contribution is -0.481. The fraction of sp³-hybridized carbons (Fsp3) is 0.786. The molecular formula is C14H24N2O8. The Bertz CT molecular complexity index is 466. The average molecular weight is 348 g/mol. The molecule has 0 saturated carbocycles. The van der Waals surface area contributed by atoms with Crippen LogP contribution in [0.1, 0.15) is 41.0 Å². The molecule has 1 amide bonds. The summed E-state index contributed by atoms with van der Waals surface area (Å²) >= 11 is 0. The van der Waals surface area contributed by atoms with Crippen LogP contribution in [0.5, 0.6) is 0 Å². The Hall–Kier alpha value is -2.39. The molecule has 10 heteroatoms. The molecule has 0 aliphatic carbocycles. The molecule has 24 heavy (non-hydrogen) atoms. The zero-order chi connectivity index (χ0) is 19.0. The van der Waals surface area contributed by atoms with E-state index in [9.17, 15) is 24.5 Å². The highest BCUT2D eigenvalue weighted by atomic mass is 16.6. The predicted molar refractivity (Wildman–Crippen MR) is 81.8 cm³/mol. The largest absolute Gasteiger partial charge is 0.464 e. The number of nitrogens with one attached hydrogen (secondary N) is 1. The van der Waals surface area contributed by atoms with Gasteiger partial charge in [-0.15, -0.1) is 0 Å². The first-order valence-electron chi connectivity index (χ1n) is 7.46. The van der Waals surface area contributed by atoms with Crippen LogP contribution in [-0.4, -0.2) is 53.9 Å². The summed E-state index contributed by atoms with van der Waals surface area (Å²) in [6, 6.07) is 0. The molecule has 0 heterocycles. The lowest BCUT2D eigenvalue weighted by Crippen LogP contribution is -2.62. The van der Waals surface area contributed by atoms with Crippen LogP contribution in [-0.2, 0) is 23.8 Å². The molecule has 0 aromatic heterocycles. The van der Waals surface area contributed by atoms with Gasteiger partial charge in [0.15, 0.2) is 0 Å². The Balaban J connectivity index is 5.68. The van der Waals surface area contributed by atoms with Gasteiger partial charge in [0.25, 0.3) is 0 Å². The quantitative estimate of drug-likeness (QED) is 0.226. The number of nitro groups is 1. The van der Waals surface area contributed by atoms with E-state index >= 15 is 0 Å². The van der Waals surface area contributed by atoms with E-state index in [4.69, 9.17) is 14.2 Å². The topological polar surface area (TPSA) is 134 Å². The Morgan fingerprint density at radius 3 is 1.83 bits per heavy atom. The van der Waals surface area contributed by atoms with E-state index in [2.05, 4.69) is 5.32 Å². The third kappa shape index (κ3) is 6.80. The first-order chi connectivity index (χ1) is 11.0. The SMILES string of the molecule is CCOC(=O)C(CC[N+](=O)[O-])(NC(=O)OC(C)(C)C)C(=O)OCC. The first kappa shape index (κ1) is 21.6. The number of carbonyl (C=O) groups is 3. The van der Waals surface area contributed by atoms with Gasteiger partial charge >= 0.3 is 18.0 Å². The first-order valence-corrected chi connectivity index (χ1v) is 7.46. The number of amides is 1. The Labute approximate surface area is 140 Å². The zero-order valence-electron chi connectivity index (χ0n) is 14.5. The molecule has 0 aliphatic rings. The van der Waals surface area contributed by atoms with Gasteiger partial charge in [0, 0.05) is 4.92 Å². The van der Waals surface area contributed by atoms with E-state index in [1.54, 1.807) is 20.8 Å². The number of nitrogens with zero attached hydrogens (tertiary/aromatic N) is 1. The monoisotopic (exact) mass is 348 g/mol. The van der Waals surface area contributed by atoms with E-state index in [-0.39, 0.29) is 13.2 Å². The lowest BCUT2D eigenvalue weighted by Gasteiger charge is -2.30. The minimum Gasteiger partial charge on any atom is -0.464 e. The van der Waals surface area contributed by atoms with Gasteiger partial charge in [-0.25, -0.2) is 14.4 Å². The van der Waals surface area contributed by atoms with E-state index in [1.807, 2.05) is 0 Å². The van der Waals surface area contributed by atoms with Crippen molar-refractivity contribution in [2.45, 2.75) is 52.2 Å². The minimum atomic E-state index is -2.35. The molecule has 0 saturated heterocycles. The lowest BCUT2D eigenvalue weighted by atomic mass is 9.95. The molecule has 0 aromatic rings. The highest BCUT2D eigenvalue weighted by Crippen LogP contribution is 2.18. The van der Waals surface area contributed by atoms with E-state index < -0.39 is 47.1 Å². The standard InChI is InChI=1S/C14H24N2O8/c1-6-22-10(17)14(8-9-16(20)21,11(18)23-7-2)15-12(19)24-13(3,4)5/h6-9H2,1-5H3,(H,15,19). The van der Waals surface area contributed by atoms with Crippen molar-refractivity contribution in [3.63, 3.8) is 0 Å². The molecule has 0 aliphatic heterocycles. The summed E-state index contributed by atoms with van der Waals surface area (Å²) in [5.74, 6) is -2.28. The Morgan fingerprint density at radius 2 is 1.50 bits per heavy atom. The highest BCUT2D eigenvalue weighted by molar-refractivity contribution is 6.07. The second kappa shape index (κ2) is 9.04. The van der Waals surface area contributed by atoms with Crippen LogP contribution >= 0.6 is 0 Å². The molecular weight excluding hydrogens is 324 g/mol. The summed E-state index contributed by atoms with van der Waals surface area (Å²) in [6.07, 6.45) is -1.72. The number of hydrogen-bond donors (Lipinski definition) is 1. The maximum Gasteiger partial charge on any atom is 0.409 e. The predicted octanol–water partition coefficient (Wildman–Crippen LogP) is 1.04. The summed E-state index contributed by atoms with van der Waals surface area (Å²) in [6.45, 7) is 6.81. The van der Waals surface area contributed by atoms with Crippen LogP contribution in [0.4, 0.5) is 4.79 Å². The van der Waals surface area contributed by atoms with Crippen molar-refractivity contribution in [1.82, 2.24) is 5.32 Å². The summed E-state index contributed by atoms with van der Waals surface area (Å²) in [5.41, 5.74) is -3.25. The van der Waals surface area contributed by atoms with Crippen LogP contribution in [0.3, 0.4) is 0 Å². The van der Waals surface area contributed by atoms with Gasteiger partial charge in [0.2, 0.25) is 12.1 Å². The van der Waals surface area contributed by atoms with Crippen LogP contribution in [0.2, 0.25) is 0 Å². The normalized spacial score (nSPS) is 11.4. The van der Waals surface area contributed by atoms with Gasteiger partial charge in [-0.1, -0.05) is 0 Å². The second-order valence-corrected chi connectivity index (χ2v) is 5.78. The number of hydrogen-bond acceptors (Lipinski definition) is 8. The third-order valence-corrected chi connectivity index (χ3v) is 2.63. The van der Waals surface area contributed by atoms with Gasteiger partial charge in [-0.2, -0.15) is 0 Å². The molecule has 0 radical (unpaired) electrons. The number of carbonyl (C=O) groups excluding carboxylic acids is 3. The van der Waals surface area contributed by atoms with Crippen molar-refractivity contribution in [1.29, 1.82) is 0 Å². The zero-order valence-corrected chi connectivity index (χ0v) is 14.5. The minimum absolute atomic E-state index is 0.0888. The maximum absolute atomic E-state index is 12.3. The number of ether oxygens (including phenoxy) is 3. The molecule has 0 bridgehead atoms. The van der Waals surface area contributed by atoms with Crippen molar-refractivity contribution in [3.05, 3.63) is 10.1 Å². The van der Waals surface area contributed by atoms with Gasteiger partial charge in [0.05, 0.1) is 19.6 Å². The molecule has 1 N–H and O–H groups in total. The van der Waals surface area contributed by atoms with Crippen molar-refractivity contribution >= 4 is 18.0 Å². The fourth-order valence-corrected chi connectivity index (χ4v) is 1.70. The number of esters is 2. The van der Waals surface area contributed by atoms with E-state index in [0.717, 1.165) is 0 Å². The molecule has 0 rings (SSSR count). The van der Waals surface area contributed by atoms with Crippen molar-refractivity contribution in [2.24, 2.45) is 0 Å². The van der Waals surface area contributed by atoms with Gasteiger partial charge in [-0.05, 0) is 34.6 Å². The molecule has 138 valence electrons. The Morgan fingerprint density at radius 1 is 1.04 bits per heavy atom.